The molecule has 248 valence electrons. The van der Waals surface area contributed by atoms with E-state index in [-0.39, 0.29) is 48.6 Å². The second kappa shape index (κ2) is 11.7. The van der Waals surface area contributed by atoms with E-state index < -0.39 is 18.1 Å². The molecule has 1 aromatic carbocycles. The first kappa shape index (κ1) is 31.8. The maximum Gasteiger partial charge on any atom is 0.391 e. The Bertz CT molecular complexity index is 1940. The van der Waals surface area contributed by atoms with E-state index in [4.69, 9.17) is 9.72 Å². The van der Waals surface area contributed by atoms with Crippen LogP contribution in [0.1, 0.15) is 70.8 Å². The Morgan fingerprint density at radius 2 is 1.85 bits per heavy atom. The van der Waals surface area contributed by atoms with Crippen molar-refractivity contribution in [3.8, 4) is 16.9 Å². The summed E-state index contributed by atoms with van der Waals surface area (Å²) in [6.45, 7) is 6.93. The number of carbonyl (C=O) groups is 1. The van der Waals surface area contributed by atoms with Crippen molar-refractivity contribution in [1.29, 1.82) is 0 Å². The number of ether oxygens (including phenoxy) is 1. The Morgan fingerprint density at radius 1 is 1.11 bits per heavy atom. The smallest absolute Gasteiger partial charge is 0.391 e. The van der Waals surface area contributed by atoms with E-state index in [1.165, 1.54) is 11.3 Å². The van der Waals surface area contributed by atoms with Crippen molar-refractivity contribution >= 4 is 27.5 Å². The van der Waals surface area contributed by atoms with Crippen LogP contribution in [0.25, 0.3) is 21.3 Å². The number of thiophene rings is 1. The van der Waals surface area contributed by atoms with Gasteiger partial charge in [-0.2, -0.15) is 13.2 Å². The van der Waals surface area contributed by atoms with E-state index in [0.29, 0.717) is 47.9 Å². The molecule has 0 amide bonds. The number of halogens is 3. The van der Waals surface area contributed by atoms with Crippen molar-refractivity contribution in [3.63, 3.8) is 0 Å². The van der Waals surface area contributed by atoms with Crippen LogP contribution in [0.4, 0.5) is 13.2 Å². The highest BCUT2D eigenvalue weighted by Gasteiger charge is 2.53. The Labute approximate surface area is 274 Å². The molecule has 1 N–H and O–H groups in total. The number of aromatic nitrogens is 3. The van der Waals surface area contributed by atoms with Gasteiger partial charge in [0.05, 0.1) is 33.9 Å². The number of piperidine rings is 1. The minimum Gasteiger partial charge on any atom is -0.491 e. The number of fused-ring (bicyclic) bond motifs is 3. The largest absolute Gasteiger partial charge is 0.491 e. The van der Waals surface area contributed by atoms with E-state index in [1.807, 2.05) is 45.0 Å². The van der Waals surface area contributed by atoms with Crippen molar-refractivity contribution in [2.45, 2.75) is 83.5 Å². The van der Waals surface area contributed by atoms with Gasteiger partial charge in [0.1, 0.15) is 18.2 Å². The third kappa shape index (κ3) is 5.83. The van der Waals surface area contributed by atoms with E-state index in [2.05, 4.69) is 9.88 Å². The van der Waals surface area contributed by atoms with Crippen LogP contribution in [-0.2, 0) is 18.4 Å². The summed E-state index contributed by atoms with van der Waals surface area (Å²) >= 11 is 1.33. The van der Waals surface area contributed by atoms with Crippen LogP contribution in [-0.4, -0.2) is 62.4 Å². The molecule has 8 nitrogen and oxygen atoms in total. The zero-order chi connectivity index (χ0) is 33.2. The minimum absolute atomic E-state index is 0.0377. The standard InChI is InChI=1S/C35H37F3N4O4S/c1-19-4-5-28(24(14-19)25-15-20(2)39-29-27(33(44)45)18-47-30(25)29)46-13-12-42-21(3)40-31-26(32(42)43)16-23(17-34(31)8-9-34)41-10-6-22(7-11-41)35(36,37)38/h4-5,14-15,18,22-23H,6-13,16-17H2,1-3H3,(H,44,45)/t23-/m1/s1. The summed E-state index contributed by atoms with van der Waals surface area (Å²) in [7, 11) is 0. The number of hydrogen-bond acceptors (Lipinski definition) is 7. The van der Waals surface area contributed by atoms with Gasteiger partial charge in [-0.05, 0) is 90.6 Å². The van der Waals surface area contributed by atoms with Crippen molar-refractivity contribution in [2.75, 3.05) is 19.7 Å². The van der Waals surface area contributed by atoms with Crippen LogP contribution < -0.4 is 10.3 Å². The third-order valence-electron chi connectivity index (χ3n) is 10.3. The molecule has 1 saturated heterocycles. The van der Waals surface area contributed by atoms with E-state index in [9.17, 15) is 27.9 Å². The fraction of sp³-hybridized carbons (Fsp3) is 0.486. The van der Waals surface area contributed by atoms with Crippen molar-refractivity contribution in [2.24, 2.45) is 5.92 Å². The Hall–Kier alpha value is -3.77. The lowest BCUT2D eigenvalue weighted by atomic mass is 9.79. The van der Waals surface area contributed by atoms with Crippen molar-refractivity contribution in [3.05, 3.63) is 73.9 Å². The summed E-state index contributed by atoms with van der Waals surface area (Å²) in [5, 5.41) is 11.3. The first-order chi connectivity index (χ1) is 22.3. The molecular weight excluding hydrogens is 629 g/mol. The number of carboxylic acid groups (broad SMARTS) is 1. The molecular formula is C35H37F3N4O4S. The summed E-state index contributed by atoms with van der Waals surface area (Å²) < 4.78 is 48.7. The molecule has 2 fully saturated rings. The second-order valence-corrected chi connectivity index (χ2v) is 14.3. The predicted octanol–water partition coefficient (Wildman–Crippen LogP) is 6.84. The molecule has 4 aromatic rings. The van der Waals surface area contributed by atoms with Gasteiger partial charge >= 0.3 is 12.1 Å². The van der Waals surface area contributed by atoms with E-state index in [1.54, 1.807) is 9.95 Å². The van der Waals surface area contributed by atoms with Gasteiger partial charge in [0, 0.05) is 39.2 Å². The van der Waals surface area contributed by atoms with Crippen molar-refractivity contribution in [1.82, 2.24) is 19.4 Å². The number of rotatable bonds is 7. The van der Waals surface area contributed by atoms with Crippen LogP contribution in [0.5, 0.6) is 5.75 Å². The lowest BCUT2D eigenvalue weighted by molar-refractivity contribution is -0.186. The Kier molecular flexibility index (Phi) is 7.94. The van der Waals surface area contributed by atoms with Crippen LogP contribution in [0.3, 0.4) is 0 Å². The maximum atomic E-state index is 14.0. The second-order valence-electron chi connectivity index (χ2n) is 13.4. The van der Waals surface area contributed by atoms with Crippen LogP contribution in [0.15, 0.2) is 34.4 Å². The molecule has 4 heterocycles. The number of pyridine rings is 1. The van der Waals surface area contributed by atoms with E-state index in [0.717, 1.165) is 46.3 Å². The first-order valence-corrected chi connectivity index (χ1v) is 17.0. The molecule has 7 rings (SSSR count). The highest BCUT2D eigenvalue weighted by atomic mass is 32.1. The lowest BCUT2D eigenvalue weighted by Gasteiger charge is -2.42. The molecule has 2 aliphatic carbocycles. The lowest BCUT2D eigenvalue weighted by Crippen LogP contribution is -2.49. The van der Waals surface area contributed by atoms with Gasteiger partial charge in [0.25, 0.3) is 5.56 Å². The maximum absolute atomic E-state index is 14.0. The van der Waals surface area contributed by atoms with Gasteiger partial charge in [0.15, 0.2) is 0 Å². The Morgan fingerprint density at radius 3 is 2.53 bits per heavy atom. The SMILES string of the molecule is Cc1ccc(OCCn2c(C)nc3c(c2=O)C[C@@H](N2CCC(C(F)(F)F)CC2)CC32CC2)c(-c2cc(C)nc3c(C(=O)O)csc23)c1. The molecule has 12 heteroatoms. The predicted molar refractivity (Wildman–Crippen MR) is 174 cm³/mol. The van der Waals surface area contributed by atoms with Gasteiger partial charge in [-0.15, -0.1) is 11.3 Å². The average molecular weight is 667 g/mol. The molecule has 1 atom stereocenters. The molecule has 3 aromatic heterocycles. The molecule has 3 aliphatic rings. The third-order valence-corrected chi connectivity index (χ3v) is 11.3. The number of aromatic carboxylic acids is 1. The summed E-state index contributed by atoms with van der Waals surface area (Å²) in [6.07, 6.45) is -0.712. The quantitative estimate of drug-likeness (QED) is 0.231. The molecule has 0 radical (unpaired) electrons. The molecule has 1 saturated carbocycles. The topological polar surface area (TPSA) is 97.6 Å². The summed E-state index contributed by atoms with van der Waals surface area (Å²) in [5.41, 5.74) is 5.32. The zero-order valence-corrected chi connectivity index (χ0v) is 27.4. The minimum atomic E-state index is -4.16. The fourth-order valence-electron chi connectivity index (χ4n) is 7.60. The van der Waals surface area contributed by atoms with Crippen molar-refractivity contribution < 1.29 is 27.8 Å². The van der Waals surface area contributed by atoms with Crippen LogP contribution >= 0.6 is 11.3 Å². The highest BCUT2D eigenvalue weighted by molar-refractivity contribution is 7.18. The number of benzene rings is 1. The molecule has 0 unspecified atom stereocenters. The van der Waals surface area contributed by atoms with Gasteiger partial charge in [-0.3, -0.25) is 19.2 Å². The van der Waals surface area contributed by atoms with Gasteiger partial charge in [-0.25, -0.2) is 9.78 Å². The number of alkyl halides is 3. The molecule has 0 bridgehead atoms. The summed E-state index contributed by atoms with van der Waals surface area (Å²) in [6, 6.07) is 7.82. The Balaban J connectivity index is 1.13. The molecule has 47 heavy (non-hydrogen) atoms. The zero-order valence-electron chi connectivity index (χ0n) is 26.6. The number of aryl methyl sites for hydroxylation is 3. The van der Waals surface area contributed by atoms with Gasteiger partial charge in [-0.1, -0.05) is 11.6 Å². The van der Waals surface area contributed by atoms with Gasteiger partial charge in [0.2, 0.25) is 0 Å². The average Bonchev–Trinajstić information content (AvgIpc) is 3.66. The number of hydrogen-bond donors (Lipinski definition) is 1. The first-order valence-electron chi connectivity index (χ1n) is 16.1. The van der Waals surface area contributed by atoms with Gasteiger partial charge < -0.3 is 9.84 Å². The number of nitrogens with zero attached hydrogens (tertiary/aromatic N) is 4. The van der Waals surface area contributed by atoms with E-state index >= 15 is 0 Å². The molecule has 1 spiro atoms. The summed E-state index contributed by atoms with van der Waals surface area (Å²) in [5.74, 6) is -1.03. The summed E-state index contributed by atoms with van der Waals surface area (Å²) in [4.78, 5) is 37.5. The number of carboxylic acids is 1. The highest BCUT2D eigenvalue weighted by Crippen LogP contribution is 2.55. The van der Waals surface area contributed by atoms with Crippen LogP contribution in [0.2, 0.25) is 0 Å². The normalized spacial score (nSPS) is 19.7. The van der Waals surface area contributed by atoms with Crippen LogP contribution in [0, 0.1) is 26.7 Å². The molecule has 1 aliphatic heterocycles. The number of likely N-dealkylation sites (tertiary alicyclic amines) is 1. The fourth-order valence-corrected chi connectivity index (χ4v) is 8.61. The monoisotopic (exact) mass is 666 g/mol.